The number of hydrogen-bond acceptors (Lipinski definition) is 1. The summed E-state index contributed by atoms with van der Waals surface area (Å²) in [5, 5.41) is 0. The first-order valence-electron chi connectivity index (χ1n) is 3.03. The summed E-state index contributed by atoms with van der Waals surface area (Å²) in [5.41, 5.74) is 5.90. The molecule has 50 valence electrons. The van der Waals surface area contributed by atoms with Gasteiger partial charge in [0.2, 0.25) is 5.91 Å². The van der Waals surface area contributed by atoms with Gasteiger partial charge in [-0.15, -0.1) is 0 Å². The largest absolute Gasteiger partial charge is 0.366 e. The zero-order chi connectivity index (χ0) is 6.69. The molecule has 9 heavy (non-hydrogen) atoms. The average molecular weight is 143 g/mol. The standard InChI is InChI=1S/C6H10NOP/c7-6(8)5-2-1-3-9-4-5/h4,9H,1-3H2,(H2,7,8). The van der Waals surface area contributed by atoms with Crippen molar-refractivity contribution in [2.45, 2.75) is 12.8 Å². The molecule has 0 aromatic rings. The fraction of sp³-hybridized carbons (Fsp3) is 0.500. The molecule has 0 fully saturated rings. The molecule has 1 heterocycles. The van der Waals surface area contributed by atoms with Crippen molar-refractivity contribution >= 4 is 14.5 Å². The van der Waals surface area contributed by atoms with Crippen molar-refractivity contribution in [3.8, 4) is 0 Å². The van der Waals surface area contributed by atoms with Crippen LogP contribution < -0.4 is 5.73 Å². The lowest BCUT2D eigenvalue weighted by atomic mass is 10.2. The summed E-state index contributed by atoms with van der Waals surface area (Å²) in [6, 6.07) is 0. The minimum atomic E-state index is -0.234. The van der Waals surface area contributed by atoms with Gasteiger partial charge in [-0.1, -0.05) is 14.4 Å². The van der Waals surface area contributed by atoms with E-state index in [1.54, 1.807) is 0 Å². The molecule has 1 rings (SSSR count). The van der Waals surface area contributed by atoms with Gasteiger partial charge >= 0.3 is 0 Å². The highest BCUT2D eigenvalue weighted by molar-refractivity contribution is 7.41. The van der Waals surface area contributed by atoms with Gasteiger partial charge in [-0.05, 0) is 19.0 Å². The molecule has 0 aromatic heterocycles. The third kappa shape index (κ3) is 1.79. The van der Waals surface area contributed by atoms with Crippen LogP contribution in [0.15, 0.2) is 11.4 Å². The van der Waals surface area contributed by atoms with Crippen LogP contribution in [0.5, 0.6) is 0 Å². The molecule has 1 aliphatic rings. The first kappa shape index (κ1) is 6.76. The topological polar surface area (TPSA) is 43.1 Å². The molecule has 3 heteroatoms. The van der Waals surface area contributed by atoms with Crippen LogP contribution in [0.4, 0.5) is 0 Å². The minimum Gasteiger partial charge on any atom is -0.366 e. The SMILES string of the molecule is NC(=O)C1=CPCCC1. The lowest BCUT2D eigenvalue weighted by molar-refractivity contribution is -0.114. The summed E-state index contributed by atoms with van der Waals surface area (Å²) in [6.45, 7) is 0. The molecule has 0 radical (unpaired) electrons. The van der Waals surface area contributed by atoms with Gasteiger partial charge in [0.1, 0.15) is 0 Å². The average Bonchev–Trinajstić information content (AvgIpc) is 1.90. The van der Waals surface area contributed by atoms with Gasteiger partial charge in [0.05, 0.1) is 0 Å². The van der Waals surface area contributed by atoms with Gasteiger partial charge in [-0.3, -0.25) is 4.79 Å². The maximum Gasteiger partial charge on any atom is 0.244 e. The predicted octanol–water partition coefficient (Wildman–Crippen LogP) is 0.828. The predicted molar refractivity (Wildman–Crippen MR) is 39.7 cm³/mol. The molecular weight excluding hydrogens is 133 g/mol. The summed E-state index contributed by atoms with van der Waals surface area (Å²) in [7, 11) is 0.812. The third-order valence-corrected chi connectivity index (χ3v) is 2.55. The van der Waals surface area contributed by atoms with Crippen molar-refractivity contribution in [3.05, 3.63) is 11.4 Å². The van der Waals surface area contributed by atoms with Gasteiger partial charge in [0.15, 0.2) is 0 Å². The number of hydrogen-bond donors (Lipinski definition) is 1. The number of carbonyl (C=O) groups is 1. The molecule has 0 spiro atoms. The Morgan fingerprint density at radius 2 is 2.56 bits per heavy atom. The molecule has 1 aliphatic heterocycles. The number of rotatable bonds is 1. The number of primary amides is 1. The van der Waals surface area contributed by atoms with E-state index in [0.29, 0.717) is 0 Å². The van der Waals surface area contributed by atoms with Crippen molar-refractivity contribution < 1.29 is 4.79 Å². The van der Waals surface area contributed by atoms with Crippen molar-refractivity contribution in [2.24, 2.45) is 5.73 Å². The molecule has 0 saturated carbocycles. The van der Waals surface area contributed by atoms with Gasteiger partial charge in [-0.25, -0.2) is 0 Å². The first-order valence-corrected chi connectivity index (χ1v) is 4.31. The summed E-state index contributed by atoms with van der Waals surface area (Å²) < 4.78 is 0. The van der Waals surface area contributed by atoms with Crippen LogP contribution in [0.3, 0.4) is 0 Å². The van der Waals surface area contributed by atoms with Crippen LogP contribution in [-0.4, -0.2) is 12.1 Å². The lowest BCUT2D eigenvalue weighted by Crippen LogP contribution is -2.14. The fourth-order valence-electron chi connectivity index (χ4n) is 0.843. The smallest absolute Gasteiger partial charge is 0.244 e. The van der Waals surface area contributed by atoms with E-state index in [1.165, 1.54) is 6.16 Å². The zero-order valence-electron chi connectivity index (χ0n) is 5.18. The Morgan fingerprint density at radius 1 is 1.78 bits per heavy atom. The Hall–Kier alpha value is -0.360. The molecule has 1 atom stereocenters. The van der Waals surface area contributed by atoms with E-state index in [2.05, 4.69) is 0 Å². The Morgan fingerprint density at radius 3 is 2.89 bits per heavy atom. The van der Waals surface area contributed by atoms with Crippen molar-refractivity contribution in [1.29, 1.82) is 0 Å². The van der Waals surface area contributed by atoms with Crippen LogP contribution in [0.1, 0.15) is 12.8 Å². The lowest BCUT2D eigenvalue weighted by Gasteiger charge is -2.07. The molecule has 1 amide bonds. The monoisotopic (exact) mass is 143 g/mol. The molecule has 0 aromatic carbocycles. The number of carbonyl (C=O) groups excluding carboxylic acids is 1. The summed E-state index contributed by atoms with van der Waals surface area (Å²) in [6.07, 6.45) is 3.26. The van der Waals surface area contributed by atoms with Crippen LogP contribution in [-0.2, 0) is 4.79 Å². The Bertz CT molecular complexity index is 153. The molecular formula is C6H10NOP. The summed E-state index contributed by atoms with van der Waals surface area (Å²) >= 11 is 0. The Kier molecular flexibility index (Phi) is 2.23. The molecule has 1 unspecified atom stereocenters. The second kappa shape index (κ2) is 2.98. The van der Waals surface area contributed by atoms with Gasteiger partial charge < -0.3 is 5.73 Å². The van der Waals surface area contributed by atoms with Gasteiger partial charge in [0, 0.05) is 5.57 Å². The van der Waals surface area contributed by atoms with Crippen molar-refractivity contribution in [1.82, 2.24) is 0 Å². The van der Waals surface area contributed by atoms with E-state index in [1.807, 2.05) is 5.82 Å². The molecule has 0 aliphatic carbocycles. The zero-order valence-corrected chi connectivity index (χ0v) is 6.18. The Labute approximate surface area is 56.3 Å². The minimum absolute atomic E-state index is 0.234. The summed E-state index contributed by atoms with van der Waals surface area (Å²) in [4.78, 5) is 10.5. The van der Waals surface area contributed by atoms with Gasteiger partial charge in [0.25, 0.3) is 0 Å². The molecule has 0 bridgehead atoms. The quantitative estimate of drug-likeness (QED) is 0.543. The first-order chi connectivity index (χ1) is 4.30. The van der Waals surface area contributed by atoms with E-state index in [4.69, 9.17) is 5.73 Å². The van der Waals surface area contributed by atoms with E-state index in [0.717, 1.165) is 27.0 Å². The molecule has 2 nitrogen and oxygen atoms in total. The number of nitrogens with two attached hydrogens (primary N) is 1. The van der Waals surface area contributed by atoms with E-state index >= 15 is 0 Å². The van der Waals surface area contributed by atoms with Crippen LogP contribution in [0.25, 0.3) is 0 Å². The molecule has 2 N–H and O–H groups in total. The van der Waals surface area contributed by atoms with Crippen LogP contribution >= 0.6 is 8.58 Å². The van der Waals surface area contributed by atoms with Crippen LogP contribution in [0, 0.1) is 0 Å². The molecule has 0 saturated heterocycles. The van der Waals surface area contributed by atoms with E-state index < -0.39 is 0 Å². The normalized spacial score (nSPS) is 21.6. The second-order valence-electron chi connectivity index (χ2n) is 2.09. The fourth-order valence-corrected chi connectivity index (χ4v) is 1.90. The summed E-state index contributed by atoms with van der Waals surface area (Å²) in [5.74, 6) is 1.74. The second-order valence-corrected chi connectivity index (χ2v) is 3.29. The Balaban J connectivity index is 2.57. The van der Waals surface area contributed by atoms with Gasteiger partial charge in [-0.2, -0.15) is 0 Å². The third-order valence-electron chi connectivity index (χ3n) is 1.36. The van der Waals surface area contributed by atoms with E-state index in [-0.39, 0.29) is 5.91 Å². The highest BCUT2D eigenvalue weighted by atomic mass is 31.1. The number of amides is 1. The van der Waals surface area contributed by atoms with Crippen molar-refractivity contribution in [2.75, 3.05) is 6.16 Å². The maximum atomic E-state index is 10.5. The highest BCUT2D eigenvalue weighted by Gasteiger charge is 2.06. The van der Waals surface area contributed by atoms with Crippen LogP contribution in [0.2, 0.25) is 0 Å². The highest BCUT2D eigenvalue weighted by Crippen LogP contribution is 2.25. The van der Waals surface area contributed by atoms with E-state index in [9.17, 15) is 4.79 Å². The maximum absolute atomic E-state index is 10.5. The van der Waals surface area contributed by atoms with Crippen molar-refractivity contribution in [3.63, 3.8) is 0 Å².